The van der Waals surface area contributed by atoms with Crippen LogP contribution < -0.4 is 4.57 Å². The molecule has 1 aromatic carbocycles. The average Bonchev–Trinajstić information content (AvgIpc) is 2.28. The predicted octanol–water partition coefficient (Wildman–Crippen LogP) is 1.52. The van der Waals surface area contributed by atoms with Gasteiger partial charge in [0.1, 0.15) is 0 Å². The van der Waals surface area contributed by atoms with Gasteiger partial charge in [-0.2, -0.15) is 13.0 Å². The lowest BCUT2D eigenvalue weighted by Gasteiger charge is -2.04. The van der Waals surface area contributed by atoms with E-state index in [1.165, 1.54) is 6.07 Å². The molecule has 0 atom stereocenters. The lowest BCUT2D eigenvalue weighted by molar-refractivity contribution is -0.598. The summed E-state index contributed by atoms with van der Waals surface area (Å²) in [6, 6.07) is 10.2. The fourth-order valence-corrected chi connectivity index (χ4v) is 2.48. The van der Waals surface area contributed by atoms with Crippen LogP contribution in [0.25, 0.3) is 5.69 Å². The molecule has 0 saturated heterocycles. The predicted molar refractivity (Wildman–Crippen MR) is 62.5 cm³/mol. The smallest absolute Gasteiger partial charge is 0.282 e. The summed E-state index contributed by atoms with van der Waals surface area (Å²) in [5, 5.41) is 0. The minimum atomic E-state index is -4.22. The summed E-state index contributed by atoms with van der Waals surface area (Å²) in [5.74, 6) is 0. The summed E-state index contributed by atoms with van der Waals surface area (Å²) in [4.78, 5) is -0.0892. The van der Waals surface area contributed by atoms with Crippen molar-refractivity contribution in [1.82, 2.24) is 0 Å². The van der Waals surface area contributed by atoms with Crippen molar-refractivity contribution in [3.8, 4) is 5.69 Å². The van der Waals surface area contributed by atoms with Crippen LogP contribution in [0.5, 0.6) is 0 Å². The van der Waals surface area contributed by atoms with Crippen LogP contribution in [0.4, 0.5) is 0 Å². The molecule has 1 heterocycles. The molecule has 2 rings (SSSR count). The van der Waals surface area contributed by atoms with Gasteiger partial charge in [-0.1, -0.05) is 18.2 Å². The Morgan fingerprint density at radius 3 is 2.29 bits per heavy atom. The highest BCUT2D eigenvalue weighted by molar-refractivity contribution is 7.86. The fourth-order valence-electron chi connectivity index (χ4n) is 1.72. The Morgan fingerprint density at radius 1 is 1.06 bits per heavy atom. The van der Waals surface area contributed by atoms with Crippen LogP contribution in [-0.4, -0.2) is 13.0 Å². The highest BCUT2D eigenvalue weighted by Crippen LogP contribution is 2.18. The Bertz CT molecular complexity index is 636. The zero-order valence-electron chi connectivity index (χ0n) is 9.24. The molecule has 0 aliphatic heterocycles. The van der Waals surface area contributed by atoms with Crippen LogP contribution in [0.2, 0.25) is 0 Å². The van der Waals surface area contributed by atoms with Crippen molar-refractivity contribution < 1.29 is 17.5 Å². The number of rotatable bonds is 2. The van der Waals surface area contributed by atoms with Gasteiger partial charge in [-0.25, -0.2) is 0 Å². The molecule has 0 radical (unpaired) electrons. The molecule has 2 aromatic rings. The largest absolute Gasteiger partial charge is 0.301 e. The van der Waals surface area contributed by atoms with E-state index in [0.29, 0.717) is 5.69 Å². The average molecular weight is 250 g/mol. The summed E-state index contributed by atoms with van der Waals surface area (Å²) >= 11 is 0. The standard InChI is InChI=1S/C12H11NO3S/c1-10-6-5-7-11(17(14,15)16)12(10)13-8-3-2-4-9-13/h2-9H,1H3/p+1. The van der Waals surface area contributed by atoms with Gasteiger partial charge in [0.05, 0.1) is 0 Å². The number of aromatic nitrogens is 1. The molecule has 88 valence electrons. The number of aryl methyl sites for hydroxylation is 1. The Labute approximate surface area is 99.9 Å². The van der Waals surface area contributed by atoms with Crippen LogP contribution in [0.3, 0.4) is 0 Å². The van der Waals surface area contributed by atoms with E-state index in [0.717, 1.165) is 5.56 Å². The topological polar surface area (TPSA) is 58.3 Å². The van der Waals surface area contributed by atoms with Gasteiger partial charge in [-0.3, -0.25) is 4.55 Å². The molecular formula is C12H12NO3S+. The normalized spacial score (nSPS) is 11.4. The quantitative estimate of drug-likeness (QED) is 0.649. The van der Waals surface area contributed by atoms with E-state index in [1.54, 1.807) is 48.1 Å². The molecule has 0 aliphatic rings. The number of nitrogens with zero attached hydrogens (tertiary/aromatic N) is 1. The van der Waals surface area contributed by atoms with Crippen molar-refractivity contribution in [1.29, 1.82) is 0 Å². The third-order valence-electron chi connectivity index (χ3n) is 2.45. The maximum Gasteiger partial charge on any atom is 0.301 e. The van der Waals surface area contributed by atoms with Crippen molar-refractivity contribution in [3.63, 3.8) is 0 Å². The second-order valence-corrected chi connectivity index (χ2v) is 5.07. The Hall–Kier alpha value is -1.72. The fraction of sp³-hybridized carbons (Fsp3) is 0.0833. The molecule has 1 N–H and O–H groups in total. The van der Waals surface area contributed by atoms with E-state index in [1.807, 2.05) is 6.07 Å². The molecule has 0 bridgehead atoms. The highest BCUT2D eigenvalue weighted by Gasteiger charge is 2.23. The maximum absolute atomic E-state index is 11.3. The molecule has 1 aromatic heterocycles. The van der Waals surface area contributed by atoms with Crippen molar-refractivity contribution in [2.24, 2.45) is 0 Å². The number of pyridine rings is 1. The minimum absolute atomic E-state index is 0.0892. The first-order valence-electron chi connectivity index (χ1n) is 5.04. The van der Waals surface area contributed by atoms with Crippen LogP contribution in [0, 0.1) is 6.92 Å². The summed E-state index contributed by atoms with van der Waals surface area (Å²) < 4.78 is 33.5. The molecular weight excluding hydrogens is 238 g/mol. The van der Waals surface area contributed by atoms with Gasteiger partial charge < -0.3 is 0 Å². The third-order valence-corrected chi connectivity index (χ3v) is 3.34. The first-order valence-corrected chi connectivity index (χ1v) is 6.48. The van der Waals surface area contributed by atoms with E-state index in [2.05, 4.69) is 0 Å². The SMILES string of the molecule is Cc1cccc(S(=O)(=O)O)c1-[n+]1ccccc1. The number of hydrogen-bond donors (Lipinski definition) is 1. The molecule has 0 aliphatic carbocycles. The van der Waals surface area contributed by atoms with Crippen molar-refractivity contribution in [3.05, 3.63) is 54.4 Å². The molecule has 0 amide bonds. The van der Waals surface area contributed by atoms with E-state index < -0.39 is 10.1 Å². The molecule has 0 saturated carbocycles. The first kappa shape index (κ1) is 11.8. The second kappa shape index (κ2) is 4.27. The number of para-hydroxylation sites is 1. The Balaban J connectivity index is 2.78. The van der Waals surface area contributed by atoms with Crippen LogP contribution in [-0.2, 0) is 10.1 Å². The van der Waals surface area contributed by atoms with Crippen molar-refractivity contribution in [2.45, 2.75) is 11.8 Å². The maximum atomic E-state index is 11.3. The van der Waals surface area contributed by atoms with Crippen molar-refractivity contribution in [2.75, 3.05) is 0 Å². The van der Waals surface area contributed by atoms with Gasteiger partial charge in [0.2, 0.25) is 5.69 Å². The molecule has 0 spiro atoms. The third kappa shape index (κ3) is 2.35. The summed E-state index contributed by atoms with van der Waals surface area (Å²) in [6.07, 6.45) is 3.47. The van der Waals surface area contributed by atoms with Crippen LogP contribution in [0.1, 0.15) is 5.56 Å². The summed E-state index contributed by atoms with van der Waals surface area (Å²) in [6.45, 7) is 1.80. The van der Waals surface area contributed by atoms with E-state index in [4.69, 9.17) is 0 Å². The summed E-state index contributed by atoms with van der Waals surface area (Å²) in [7, 11) is -4.22. The molecule has 5 heteroatoms. The lowest BCUT2D eigenvalue weighted by atomic mass is 10.2. The molecule has 0 fully saturated rings. The number of hydrogen-bond acceptors (Lipinski definition) is 2. The monoisotopic (exact) mass is 250 g/mol. The molecule has 4 nitrogen and oxygen atoms in total. The van der Waals surface area contributed by atoms with Gasteiger partial charge in [-0.15, -0.1) is 0 Å². The highest BCUT2D eigenvalue weighted by atomic mass is 32.2. The molecule has 0 unspecified atom stereocenters. The molecule has 17 heavy (non-hydrogen) atoms. The van der Waals surface area contributed by atoms with Gasteiger partial charge in [0, 0.05) is 17.7 Å². The van der Waals surface area contributed by atoms with Gasteiger partial charge in [-0.05, 0) is 13.0 Å². The second-order valence-electron chi connectivity index (χ2n) is 3.68. The first-order chi connectivity index (χ1) is 8.00. The van der Waals surface area contributed by atoms with E-state index in [-0.39, 0.29) is 4.90 Å². The Morgan fingerprint density at radius 2 is 1.71 bits per heavy atom. The zero-order valence-corrected chi connectivity index (χ0v) is 10.1. The van der Waals surface area contributed by atoms with Gasteiger partial charge >= 0.3 is 10.1 Å². The van der Waals surface area contributed by atoms with Crippen LogP contribution in [0.15, 0.2) is 53.7 Å². The van der Waals surface area contributed by atoms with E-state index in [9.17, 15) is 13.0 Å². The summed E-state index contributed by atoms with van der Waals surface area (Å²) in [5.41, 5.74) is 1.24. The lowest BCUT2D eigenvalue weighted by Crippen LogP contribution is -2.32. The number of benzene rings is 1. The van der Waals surface area contributed by atoms with Gasteiger partial charge in [0.15, 0.2) is 17.3 Å². The van der Waals surface area contributed by atoms with Crippen LogP contribution >= 0.6 is 0 Å². The van der Waals surface area contributed by atoms with E-state index >= 15 is 0 Å². The minimum Gasteiger partial charge on any atom is -0.282 e. The Kier molecular flexibility index (Phi) is 2.95. The zero-order chi connectivity index (χ0) is 12.5. The van der Waals surface area contributed by atoms with Crippen molar-refractivity contribution >= 4 is 10.1 Å². The van der Waals surface area contributed by atoms with Gasteiger partial charge in [0.25, 0.3) is 0 Å².